The van der Waals surface area contributed by atoms with Crippen molar-refractivity contribution >= 4 is 16.9 Å². The van der Waals surface area contributed by atoms with Crippen molar-refractivity contribution in [2.24, 2.45) is 0 Å². The van der Waals surface area contributed by atoms with Crippen molar-refractivity contribution in [3.63, 3.8) is 0 Å². The number of nitrogens with zero attached hydrogens (tertiary/aromatic N) is 2. The van der Waals surface area contributed by atoms with Gasteiger partial charge in [-0.2, -0.15) is 0 Å². The summed E-state index contributed by atoms with van der Waals surface area (Å²) < 4.78 is 27.4. The summed E-state index contributed by atoms with van der Waals surface area (Å²) in [6, 6.07) is 16.1. The van der Waals surface area contributed by atoms with Crippen LogP contribution in [-0.4, -0.2) is 20.6 Å². The second-order valence-corrected chi connectivity index (χ2v) is 9.28. The summed E-state index contributed by atoms with van der Waals surface area (Å²) in [7, 11) is 0. The third-order valence-electron chi connectivity index (χ3n) is 7.06. The smallest absolute Gasteiger partial charge is 0.309 e. The number of fused-ring (bicyclic) bond motifs is 5. The van der Waals surface area contributed by atoms with Gasteiger partial charge in [0.05, 0.1) is 35.4 Å². The van der Waals surface area contributed by atoms with Gasteiger partial charge in [0.15, 0.2) is 11.6 Å². The molecular weight excluding hydrogens is 463 g/mol. The van der Waals surface area contributed by atoms with E-state index in [0.29, 0.717) is 27.9 Å². The molecule has 0 spiro atoms. The fraction of sp³-hybridized carbons (Fsp3) is 0.250. The third kappa shape index (κ3) is 3.56. The standard InChI is InChI=1S/C28H23FN2O5/c1-2-28(34)12-25(32)36-15-19-20(28)10-23-26-18(13-31(23)27(19)33)8-17-9-24(21(29)11-22(17)30-26)35-14-16-6-4-3-5-7-16/h3-11,34H,2,12-15H2,1H3. The number of rotatable bonds is 4. The molecule has 1 atom stereocenters. The number of hydrogen-bond acceptors (Lipinski definition) is 6. The Labute approximate surface area is 205 Å². The maximum atomic E-state index is 14.9. The first-order chi connectivity index (χ1) is 17.4. The number of ether oxygens (including phenoxy) is 2. The van der Waals surface area contributed by atoms with E-state index in [1.807, 2.05) is 36.4 Å². The maximum Gasteiger partial charge on any atom is 0.309 e. The predicted octanol–water partition coefficient (Wildman–Crippen LogP) is 4.19. The molecule has 36 heavy (non-hydrogen) atoms. The molecule has 0 aliphatic carbocycles. The predicted molar refractivity (Wildman–Crippen MR) is 130 cm³/mol. The van der Waals surface area contributed by atoms with Crippen LogP contribution in [0, 0.1) is 5.82 Å². The van der Waals surface area contributed by atoms with E-state index >= 15 is 0 Å². The van der Waals surface area contributed by atoms with E-state index < -0.39 is 17.4 Å². The van der Waals surface area contributed by atoms with Gasteiger partial charge in [-0.05, 0) is 35.7 Å². The molecule has 4 aromatic rings. The number of halogens is 1. The normalized spacial score (nSPS) is 18.2. The molecule has 2 aromatic carbocycles. The molecule has 4 heterocycles. The van der Waals surface area contributed by atoms with Crippen LogP contribution in [0.1, 0.15) is 42.0 Å². The lowest BCUT2D eigenvalue weighted by atomic mass is 9.85. The molecule has 8 heteroatoms. The summed E-state index contributed by atoms with van der Waals surface area (Å²) in [6.07, 6.45) is 0.0152. The van der Waals surface area contributed by atoms with Crippen LogP contribution in [0.25, 0.3) is 22.3 Å². The largest absolute Gasteiger partial charge is 0.486 e. The van der Waals surface area contributed by atoms with Gasteiger partial charge in [-0.3, -0.25) is 9.59 Å². The lowest BCUT2D eigenvalue weighted by Gasteiger charge is -2.26. The minimum absolute atomic E-state index is 0.127. The zero-order valence-corrected chi connectivity index (χ0v) is 19.6. The van der Waals surface area contributed by atoms with E-state index in [0.717, 1.165) is 11.1 Å². The molecule has 2 aliphatic rings. The molecule has 0 saturated carbocycles. The van der Waals surface area contributed by atoms with Gasteiger partial charge in [-0.15, -0.1) is 0 Å². The van der Waals surface area contributed by atoms with Gasteiger partial charge in [0.1, 0.15) is 18.8 Å². The van der Waals surface area contributed by atoms with Gasteiger partial charge in [-0.25, -0.2) is 9.37 Å². The van der Waals surface area contributed by atoms with Gasteiger partial charge in [-0.1, -0.05) is 37.3 Å². The highest BCUT2D eigenvalue weighted by Gasteiger charge is 2.39. The Morgan fingerprint density at radius 2 is 1.97 bits per heavy atom. The van der Waals surface area contributed by atoms with E-state index in [9.17, 15) is 19.1 Å². The molecule has 2 aromatic heterocycles. The minimum atomic E-state index is -1.51. The van der Waals surface area contributed by atoms with E-state index in [4.69, 9.17) is 9.47 Å². The molecule has 1 unspecified atom stereocenters. The Morgan fingerprint density at radius 3 is 2.75 bits per heavy atom. The lowest BCUT2D eigenvalue weighted by molar-refractivity contribution is -0.149. The first-order valence-corrected chi connectivity index (χ1v) is 11.8. The molecule has 6 rings (SSSR count). The molecule has 0 radical (unpaired) electrons. The summed E-state index contributed by atoms with van der Waals surface area (Å²) in [4.78, 5) is 30.2. The number of pyridine rings is 2. The van der Waals surface area contributed by atoms with Crippen LogP contribution in [0.2, 0.25) is 0 Å². The number of aliphatic hydroxyl groups is 1. The summed E-state index contributed by atoms with van der Waals surface area (Å²) in [5.41, 5.74) is 2.06. The average Bonchev–Trinajstić information content (AvgIpc) is 3.17. The second kappa shape index (κ2) is 8.27. The Balaban J connectivity index is 1.43. The van der Waals surface area contributed by atoms with Crippen LogP contribution in [0.5, 0.6) is 5.75 Å². The molecule has 0 bridgehead atoms. The van der Waals surface area contributed by atoms with Gasteiger partial charge in [0, 0.05) is 17.0 Å². The first-order valence-electron chi connectivity index (χ1n) is 11.8. The van der Waals surface area contributed by atoms with Crippen molar-refractivity contribution in [3.05, 3.63) is 93.0 Å². The number of aromatic nitrogens is 2. The van der Waals surface area contributed by atoms with Gasteiger partial charge < -0.3 is 19.1 Å². The topological polar surface area (TPSA) is 90.7 Å². The van der Waals surface area contributed by atoms with Crippen molar-refractivity contribution in [2.75, 3.05) is 0 Å². The van der Waals surface area contributed by atoms with Gasteiger partial charge >= 0.3 is 5.97 Å². The Kier molecular flexibility index (Phi) is 5.15. The summed E-state index contributed by atoms with van der Waals surface area (Å²) in [5, 5.41) is 11.9. The number of hydrogen-bond donors (Lipinski definition) is 1. The molecule has 0 amide bonds. The molecule has 7 nitrogen and oxygen atoms in total. The zero-order valence-electron chi connectivity index (χ0n) is 19.6. The van der Waals surface area contributed by atoms with Crippen molar-refractivity contribution in [1.29, 1.82) is 0 Å². The van der Waals surface area contributed by atoms with E-state index in [2.05, 4.69) is 4.98 Å². The van der Waals surface area contributed by atoms with Gasteiger partial charge in [0.25, 0.3) is 5.56 Å². The molecule has 1 N–H and O–H groups in total. The monoisotopic (exact) mass is 486 g/mol. The maximum absolute atomic E-state index is 14.9. The van der Waals surface area contributed by atoms with Crippen LogP contribution >= 0.6 is 0 Å². The van der Waals surface area contributed by atoms with Crippen LogP contribution < -0.4 is 10.3 Å². The Bertz CT molecular complexity index is 1600. The molecule has 2 aliphatic heterocycles. The van der Waals surface area contributed by atoms with Crippen molar-refractivity contribution in [1.82, 2.24) is 9.55 Å². The summed E-state index contributed by atoms with van der Waals surface area (Å²) in [6.45, 7) is 2.08. The lowest BCUT2D eigenvalue weighted by Crippen LogP contribution is -2.32. The van der Waals surface area contributed by atoms with Crippen LogP contribution in [0.15, 0.2) is 59.4 Å². The molecular formula is C28H23FN2O5. The van der Waals surface area contributed by atoms with Crippen molar-refractivity contribution < 1.29 is 23.8 Å². The minimum Gasteiger partial charge on any atom is -0.486 e. The highest BCUT2D eigenvalue weighted by Crippen LogP contribution is 2.39. The third-order valence-corrected chi connectivity index (χ3v) is 7.06. The fourth-order valence-electron chi connectivity index (χ4n) is 5.03. The van der Waals surface area contributed by atoms with Crippen LogP contribution in [0.3, 0.4) is 0 Å². The van der Waals surface area contributed by atoms with Gasteiger partial charge in [0.2, 0.25) is 0 Å². The SMILES string of the molecule is CCC1(O)CC(=O)OCc2c1cc1n(c2=O)Cc2cc3cc(OCc4ccccc4)c(F)cc3nc2-1. The summed E-state index contributed by atoms with van der Waals surface area (Å²) in [5.74, 6) is -0.952. The van der Waals surface area contributed by atoms with Crippen LogP contribution in [0.4, 0.5) is 4.39 Å². The number of cyclic esters (lactones) is 1. The highest BCUT2D eigenvalue weighted by molar-refractivity contribution is 5.85. The van der Waals surface area contributed by atoms with Crippen molar-refractivity contribution in [3.8, 4) is 17.1 Å². The highest BCUT2D eigenvalue weighted by atomic mass is 19.1. The molecule has 0 saturated heterocycles. The van der Waals surface area contributed by atoms with Crippen molar-refractivity contribution in [2.45, 2.75) is 45.1 Å². The number of esters is 1. The van der Waals surface area contributed by atoms with E-state index in [-0.39, 0.29) is 49.5 Å². The second-order valence-electron chi connectivity index (χ2n) is 9.28. The number of carbonyl (C=O) groups is 1. The number of carbonyl (C=O) groups excluding carboxylic acids is 1. The van der Waals surface area contributed by atoms with Crippen LogP contribution in [-0.2, 0) is 34.9 Å². The van der Waals surface area contributed by atoms with E-state index in [1.54, 1.807) is 23.6 Å². The first kappa shape index (κ1) is 22.4. The Morgan fingerprint density at radius 1 is 1.17 bits per heavy atom. The zero-order chi connectivity index (χ0) is 25.0. The average molecular weight is 486 g/mol. The fourth-order valence-corrected chi connectivity index (χ4v) is 5.03. The van der Waals surface area contributed by atoms with E-state index in [1.165, 1.54) is 6.07 Å². The Hall–Kier alpha value is -4.04. The number of benzene rings is 2. The molecule has 0 fully saturated rings. The molecule has 182 valence electrons. The quantitative estimate of drug-likeness (QED) is 0.383. The summed E-state index contributed by atoms with van der Waals surface area (Å²) >= 11 is 0.